The van der Waals surface area contributed by atoms with Crippen molar-refractivity contribution in [2.75, 3.05) is 19.6 Å². The molecule has 19 heavy (non-hydrogen) atoms. The number of nitrogens with zero attached hydrogens (tertiary/aromatic N) is 1. The molecule has 1 aliphatic heterocycles. The van der Waals surface area contributed by atoms with Gasteiger partial charge in [0.15, 0.2) is 6.10 Å². The first-order valence-corrected chi connectivity index (χ1v) is 6.89. The Bertz CT molecular complexity index is 453. The van der Waals surface area contributed by atoms with Crippen LogP contribution < -0.4 is 10.5 Å². The first-order chi connectivity index (χ1) is 9.11. The molecule has 1 saturated heterocycles. The molecule has 1 fully saturated rings. The Hall–Kier alpha value is -1.26. The highest BCUT2D eigenvalue weighted by Crippen LogP contribution is 2.25. The number of hydrogen-bond acceptors (Lipinski definition) is 3. The van der Waals surface area contributed by atoms with E-state index in [1.54, 1.807) is 19.1 Å². The SMILES string of the molecule is C[C@@H](Oc1ccccc1Cl)C(=O)N1CC[C@@H](CN)C1. The number of rotatable bonds is 4. The van der Waals surface area contributed by atoms with Crippen molar-refractivity contribution in [1.82, 2.24) is 4.90 Å². The molecule has 1 aromatic carbocycles. The predicted molar refractivity (Wildman–Crippen MR) is 75.3 cm³/mol. The van der Waals surface area contributed by atoms with Crippen LogP contribution in [0, 0.1) is 5.92 Å². The smallest absolute Gasteiger partial charge is 0.263 e. The monoisotopic (exact) mass is 282 g/mol. The van der Waals surface area contributed by atoms with E-state index in [1.165, 1.54) is 0 Å². The number of benzene rings is 1. The Balaban J connectivity index is 1.95. The second kappa shape index (κ2) is 6.26. The van der Waals surface area contributed by atoms with Crippen LogP contribution in [0.4, 0.5) is 0 Å². The second-order valence-corrected chi connectivity index (χ2v) is 5.27. The van der Waals surface area contributed by atoms with Gasteiger partial charge in [0, 0.05) is 13.1 Å². The summed E-state index contributed by atoms with van der Waals surface area (Å²) in [6, 6.07) is 7.17. The van der Waals surface area contributed by atoms with Crippen molar-refractivity contribution >= 4 is 17.5 Å². The molecule has 0 aliphatic carbocycles. The average Bonchev–Trinajstić information content (AvgIpc) is 2.89. The maximum Gasteiger partial charge on any atom is 0.263 e. The van der Waals surface area contributed by atoms with Gasteiger partial charge in [0.1, 0.15) is 5.75 Å². The van der Waals surface area contributed by atoms with E-state index in [9.17, 15) is 4.79 Å². The average molecular weight is 283 g/mol. The highest BCUT2D eigenvalue weighted by atomic mass is 35.5. The first kappa shape index (κ1) is 14.2. The van der Waals surface area contributed by atoms with Crippen molar-refractivity contribution in [2.24, 2.45) is 11.7 Å². The fourth-order valence-corrected chi connectivity index (χ4v) is 2.44. The van der Waals surface area contributed by atoms with Gasteiger partial charge >= 0.3 is 0 Å². The summed E-state index contributed by atoms with van der Waals surface area (Å²) in [5.74, 6) is 0.951. The van der Waals surface area contributed by atoms with Gasteiger partial charge in [0.25, 0.3) is 5.91 Å². The van der Waals surface area contributed by atoms with E-state index >= 15 is 0 Å². The van der Waals surface area contributed by atoms with Crippen LogP contribution in [0.15, 0.2) is 24.3 Å². The molecule has 1 aliphatic rings. The summed E-state index contributed by atoms with van der Waals surface area (Å²) >= 11 is 6.01. The van der Waals surface area contributed by atoms with Gasteiger partial charge in [0.05, 0.1) is 5.02 Å². The number of hydrogen-bond donors (Lipinski definition) is 1. The Kier molecular flexibility index (Phi) is 4.66. The van der Waals surface area contributed by atoms with E-state index in [0.29, 0.717) is 23.2 Å². The van der Waals surface area contributed by atoms with Gasteiger partial charge in [-0.2, -0.15) is 0 Å². The van der Waals surface area contributed by atoms with E-state index in [4.69, 9.17) is 22.1 Å². The minimum absolute atomic E-state index is 0.00382. The van der Waals surface area contributed by atoms with Crippen molar-refractivity contribution < 1.29 is 9.53 Å². The molecule has 0 bridgehead atoms. The zero-order valence-electron chi connectivity index (χ0n) is 11.0. The fraction of sp³-hybridized carbons (Fsp3) is 0.500. The van der Waals surface area contributed by atoms with Crippen LogP contribution in [0.5, 0.6) is 5.75 Å². The van der Waals surface area contributed by atoms with Crippen LogP contribution in [0.25, 0.3) is 0 Å². The molecule has 0 aromatic heterocycles. The lowest BCUT2D eigenvalue weighted by Gasteiger charge is -2.22. The molecule has 1 amide bonds. The Morgan fingerprint density at radius 3 is 2.95 bits per heavy atom. The number of ether oxygens (including phenoxy) is 1. The van der Waals surface area contributed by atoms with Gasteiger partial charge in [-0.3, -0.25) is 4.79 Å². The van der Waals surface area contributed by atoms with E-state index in [1.807, 2.05) is 17.0 Å². The minimum atomic E-state index is -0.531. The summed E-state index contributed by atoms with van der Waals surface area (Å²) in [7, 11) is 0. The highest BCUT2D eigenvalue weighted by Gasteiger charge is 2.29. The molecule has 0 spiro atoms. The Labute approximate surface area is 118 Å². The Morgan fingerprint density at radius 2 is 2.32 bits per heavy atom. The molecule has 2 N–H and O–H groups in total. The maximum atomic E-state index is 12.2. The topological polar surface area (TPSA) is 55.6 Å². The highest BCUT2D eigenvalue weighted by molar-refractivity contribution is 6.32. The van der Waals surface area contributed by atoms with Gasteiger partial charge in [-0.15, -0.1) is 0 Å². The fourth-order valence-electron chi connectivity index (χ4n) is 2.26. The standard InChI is InChI=1S/C14H19ClN2O2/c1-10(19-13-5-3-2-4-12(13)15)14(18)17-7-6-11(8-16)9-17/h2-5,10-11H,6-9,16H2,1H3/t10-,11+/m1/s1. The zero-order valence-corrected chi connectivity index (χ0v) is 11.8. The summed E-state index contributed by atoms with van der Waals surface area (Å²) in [6.45, 7) is 3.87. The number of carbonyl (C=O) groups excluding carboxylic acids is 1. The van der Waals surface area contributed by atoms with E-state index in [0.717, 1.165) is 19.5 Å². The molecule has 0 unspecified atom stereocenters. The van der Waals surface area contributed by atoms with Crippen molar-refractivity contribution in [1.29, 1.82) is 0 Å². The van der Waals surface area contributed by atoms with Crippen molar-refractivity contribution in [3.63, 3.8) is 0 Å². The molecule has 5 heteroatoms. The molecule has 2 rings (SSSR count). The molecule has 2 atom stereocenters. The number of amides is 1. The number of carbonyl (C=O) groups is 1. The molecule has 1 aromatic rings. The van der Waals surface area contributed by atoms with Crippen LogP contribution in [0.1, 0.15) is 13.3 Å². The molecule has 0 radical (unpaired) electrons. The lowest BCUT2D eigenvalue weighted by Crippen LogP contribution is -2.39. The van der Waals surface area contributed by atoms with E-state index < -0.39 is 6.10 Å². The van der Waals surface area contributed by atoms with Crippen molar-refractivity contribution in [3.05, 3.63) is 29.3 Å². The molecule has 4 nitrogen and oxygen atoms in total. The van der Waals surface area contributed by atoms with Crippen LogP contribution >= 0.6 is 11.6 Å². The molecular weight excluding hydrogens is 264 g/mol. The van der Waals surface area contributed by atoms with Gasteiger partial charge in [-0.25, -0.2) is 0 Å². The van der Waals surface area contributed by atoms with E-state index in [-0.39, 0.29) is 5.91 Å². The normalized spacial score (nSPS) is 20.4. The van der Waals surface area contributed by atoms with Crippen molar-refractivity contribution in [3.8, 4) is 5.75 Å². The molecular formula is C14H19ClN2O2. The van der Waals surface area contributed by atoms with E-state index in [2.05, 4.69) is 0 Å². The third kappa shape index (κ3) is 3.39. The van der Waals surface area contributed by atoms with Crippen LogP contribution in [-0.4, -0.2) is 36.5 Å². The third-order valence-corrected chi connectivity index (χ3v) is 3.73. The third-order valence-electron chi connectivity index (χ3n) is 3.42. The van der Waals surface area contributed by atoms with Gasteiger partial charge in [-0.05, 0) is 37.9 Å². The summed E-state index contributed by atoms with van der Waals surface area (Å²) in [6.07, 6.45) is 0.442. The molecule has 104 valence electrons. The van der Waals surface area contributed by atoms with Crippen molar-refractivity contribution in [2.45, 2.75) is 19.4 Å². The largest absolute Gasteiger partial charge is 0.479 e. The number of halogens is 1. The molecule has 1 heterocycles. The lowest BCUT2D eigenvalue weighted by atomic mass is 10.1. The number of nitrogens with two attached hydrogens (primary N) is 1. The molecule has 0 saturated carbocycles. The van der Waals surface area contributed by atoms with Gasteiger partial charge in [0.2, 0.25) is 0 Å². The number of likely N-dealkylation sites (tertiary alicyclic amines) is 1. The summed E-state index contributed by atoms with van der Waals surface area (Å²) < 4.78 is 5.63. The van der Waals surface area contributed by atoms with Gasteiger partial charge < -0.3 is 15.4 Å². The zero-order chi connectivity index (χ0) is 13.8. The van der Waals surface area contributed by atoms with Gasteiger partial charge in [-0.1, -0.05) is 23.7 Å². The Morgan fingerprint density at radius 1 is 1.58 bits per heavy atom. The number of para-hydroxylation sites is 1. The summed E-state index contributed by atoms with van der Waals surface area (Å²) in [4.78, 5) is 14.1. The van der Waals surface area contributed by atoms with Crippen LogP contribution in [0.2, 0.25) is 5.02 Å². The second-order valence-electron chi connectivity index (χ2n) is 4.87. The predicted octanol–water partition coefficient (Wildman–Crippen LogP) is 1.91. The maximum absolute atomic E-state index is 12.2. The van der Waals surface area contributed by atoms with Crippen LogP contribution in [0.3, 0.4) is 0 Å². The minimum Gasteiger partial charge on any atom is -0.479 e. The summed E-state index contributed by atoms with van der Waals surface area (Å²) in [5.41, 5.74) is 5.63. The summed E-state index contributed by atoms with van der Waals surface area (Å²) in [5, 5.41) is 0.517. The lowest BCUT2D eigenvalue weighted by molar-refractivity contribution is -0.136. The first-order valence-electron chi connectivity index (χ1n) is 6.52. The quantitative estimate of drug-likeness (QED) is 0.918. The van der Waals surface area contributed by atoms with Crippen LogP contribution in [-0.2, 0) is 4.79 Å².